The lowest BCUT2D eigenvalue weighted by Crippen LogP contribution is -2.63. The fourth-order valence-corrected chi connectivity index (χ4v) is 6.91. The van der Waals surface area contributed by atoms with Gasteiger partial charge in [-0.25, -0.2) is 4.79 Å². The number of hydrogen-bond acceptors (Lipinski definition) is 6. The van der Waals surface area contributed by atoms with Gasteiger partial charge < -0.3 is 18.8 Å². The van der Waals surface area contributed by atoms with Crippen LogP contribution < -0.4 is 4.74 Å². The molecule has 3 aliphatic heterocycles. The summed E-state index contributed by atoms with van der Waals surface area (Å²) in [6.45, 7) is 8.53. The van der Waals surface area contributed by atoms with Crippen molar-refractivity contribution in [2.24, 2.45) is 5.92 Å². The summed E-state index contributed by atoms with van der Waals surface area (Å²) < 4.78 is 17.1. The van der Waals surface area contributed by atoms with Gasteiger partial charge in [0.25, 0.3) is 0 Å². The van der Waals surface area contributed by atoms with Crippen LogP contribution in [0, 0.1) is 5.92 Å². The van der Waals surface area contributed by atoms with Crippen LogP contribution in [0.25, 0.3) is 0 Å². The second-order valence-electron chi connectivity index (χ2n) is 9.44. The number of carbonyl (C=O) groups excluding carboxylic acids is 2. The first kappa shape index (κ1) is 23.1. The summed E-state index contributed by atoms with van der Waals surface area (Å²) >= 11 is 1.82. The molecule has 0 unspecified atom stereocenters. The normalized spacial score (nSPS) is 23.6. The Balaban J connectivity index is 1.52. The largest absolute Gasteiger partial charge is 0.497 e. The molecule has 1 aromatic rings. The van der Waals surface area contributed by atoms with Crippen molar-refractivity contribution in [1.82, 2.24) is 4.90 Å². The number of hydrogen-bond donors (Lipinski definition) is 0. The molecule has 4 rings (SSSR count). The summed E-state index contributed by atoms with van der Waals surface area (Å²) in [6.07, 6.45) is 2.71. The van der Waals surface area contributed by atoms with Crippen LogP contribution in [0.1, 0.15) is 18.9 Å². The number of benzene rings is 1. The fraction of sp³-hybridized carbons (Fsp3) is 0.500. The van der Waals surface area contributed by atoms with Crippen molar-refractivity contribution in [3.8, 4) is 5.75 Å². The summed E-state index contributed by atoms with van der Waals surface area (Å²) in [5.74, 6) is 1.88. The van der Waals surface area contributed by atoms with Crippen molar-refractivity contribution in [2.45, 2.75) is 51.7 Å². The van der Waals surface area contributed by atoms with E-state index in [1.54, 1.807) is 12.0 Å². The van der Waals surface area contributed by atoms with Crippen molar-refractivity contribution < 1.29 is 23.5 Å². The monoisotopic (exact) mass is 473 g/mol. The molecular formula is C24H31NO5SSi. The molecule has 8 heteroatoms. The molecule has 1 saturated heterocycles. The summed E-state index contributed by atoms with van der Waals surface area (Å²) in [7, 11) is -0.164. The van der Waals surface area contributed by atoms with Gasteiger partial charge in [0.15, 0.2) is 8.32 Å². The number of nitrogens with zero attached hydrogens (tertiary/aromatic N) is 1. The molecule has 6 nitrogen and oxygen atoms in total. The summed E-state index contributed by atoms with van der Waals surface area (Å²) in [4.78, 5) is 28.0. The Morgan fingerprint density at radius 3 is 2.56 bits per heavy atom. The Hall–Kier alpha value is -2.03. The SMILES string of the molecule is COc1ccc(COC(=O)C2=C(C3=CCSC3)C[C@@H]3[C@@H]([C@@H](C)O[Si](C)(C)C)C(=O)N23)cc1. The second kappa shape index (κ2) is 9.07. The molecule has 0 spiro atoms. The predicted molar refractivity (Wildman–Crippen MR) is 128 cm³/mol. The van der Waals surface area contributed by atoms with Gasteiger partial charge in [-0.3, -0.25) is 4.79 Å². The molecule has 1 aromatic carbocycles. The van der Waals surface area contributed by atoms with Crippen molar-refractivity contribution >= 4 is 32.0 Å². The van der Waals surface area contributed by atoms with E-state index in [-0.39, 0.29) is 30.6 Å². The molecule has 32 heavy (non-hydrogen) atoms. The van der Waals surface area contributed by atoms with E-state index in [2.05, 4.69) is 25.7 Å². The van der Waals surface area contributed by atoms with E-state index in [4.69, 9.17) is 13.9 Å². The Morgan fingerprint density at radius 2 is 1.97 bits per heavy atom. The smallest absolute Gasteiger partial charge is 0.355 e. The Bertz CT molecular complexity index is 966. The van der Waals surface area contributed by atoms with E-state index in [0.29, 0.717) is 12.1 Å². The quantitative estimate of drug-likeness (QED) is 0.321. The minimum Gasteiger partial charge on any atom is -0.497 e. The van der Waals surface area contributed by atoms with Gasteiger partial charge in [-0.05, 0) is 61.8 Å². The number of methoxy groups -OCH3 is 1. The van der Waals surface area contributed by atoms with E-state index < -0.39 is 14.3 Å². The Labute approximate surface area is 195 Å². The van der Waals surface area contributed by atoms with Crippen LogP contribution in [-0.4, -0.2) is 55.9 Å². The van der Waals surface area contributed by atoms with Crippen LogP contribution in [0.4, 0.5) is 0 Å². The number of esters is 1. The minimum atomic E-state index is -1.78. The first-order valence-corrected chi connectivity index (χ1v) is 15.6. The summed E-state index contributed by atoms with van der Waals surface area (Å²) in [5.41, 5.74) is 3.43. The molecule has 0 aliphatic carbocycles. The minimum absolute atomic E-state index is 0.0288. The number of rotatable bonds is 8. The van der Waals surface area contributed by atoms with Crippen LogP contribution in [0.5, 0.6) is 5.75 Å². The zero-order valence-corrected chi connectivity index (χ0v) is 21.2. The molecule has 0 saturated carbocycles. The molecule has 172 valence electrons. The summed E-state index contributed by atoms with van der Waals surface area (Å²) in [5, 5.41) is 0. The Kier molecular flexibility index (Phi) is 6.56. The number of ether oxygens (including phenoxy) is 2. The number of fused-ring (bicyclic) bond motifs is 1. The molecule has 0 radical (unpaired) electrons. The molecule has 3 atom stereocenters. The number of carbonyl (C=O) groups is 2. The van der Waals surface area contributed by atoms with Gasteiger partial charge >= 0.3 is 5.97 Å². The molecule has 1 fully saturated rings. The highest BCUT2D eigenvalue weighted by Gasteiger charge is 2.58. The third-order valence-electron chi connectivity index (χ3n) is 6.07. The van der Waals surface area contributed by atoms with E-state index in [1.165, 1.54) is 0 Å². The van der Waals surface area contributed by atoms with Gasteiger partial charge in [0.1, 0.15) is 18.1 Å². The maximum Gasteiger partial charge on any atom is 0.355 e. The fourth-order valence-electron chi connectivity index (χ4n) is 4.70. The molecule has 3 aliphatic rings. The lowest BCUT2D eigenvalue weighted by atomic mass is 9.82. The van der Waals surface area contributed by atoms with Crippen LogP contribution >= 0.6 is 11.8 Å². The predicted octanol–water partition coefficient (Wildman–Crippen LogP) is 4.14. The molecule has 3 heterocycles. The van der Waals surface area contributed by atoms with Crippen LogP contribution in [0.15, 0.2) is 47.2 Å². The number of thioether (sulfide) groups is 1. The van der Waals surface area contributed by atoms with Crippen molar-refractivity contribution in [3.63, 3.8) is 0 Å². The van der Waals surface area contributed by atoms with Crippen LogP contribution in [0.2, 0.25) is 19.6 Å². The zero-order valence-electron chi connectivity index (χ0n) is 19.3. The molecule has 0 N–H and O–H groups in total. The van der Waals surface area contributed by atoms with Gasteiger partial charge in [0.2, 0.25) is 5.91 Å². The average molecular weight is 474 g/mol. The average Bonchev–Trinajstić information content (AvgIpc) is 3.37. The van der Waals surface area contributed by atoms with Gasteiger partial charge in [0.05, 0.1) is 25.2 Å². The lowest BCUT2D eigenvalue weighted by Gasteiger charge is -2.47. The maximum absolute atomic E-state index is 13.2. The van der Waals surface area contributed by atoms with Crippen molar-refractivity contribution in [3.05, 3.63) is 52.7 Å². The van der Waals surface area contributed by atoms with Gasteiger partial charge in [-0.1, -0.05) is 18.2 Å². The van der Waals surface area contributed by atoms with E-state index in [0.717, 1.165) is 34.0 Å². The van der Waals surface area contributed by atoms with Crippen molar-refractivity contribution in [1.29, 1.82) is 0 Å². The Morgan fingerprint density at radius 1 is 1.25 bits per heavy atom. The maximum atomic E-state index is 13.2. The molecule has 1 amide bonds. The van der Waals surface area contributed by atoms with E-state index >= 15 is 0 Å². The first-order chi connectivity index (χ1) is 15.2. The number of β-lactam (4-membered cyclic amide) rings is 1. The van der Waals surface area contributed by atoms with Crippen LogP contribution in [-0.2, 0) is 25.4 Å². The van der Waals surface area contributed by atoms with Gasteiger partial charge in [-0.15, -0.1) is 0 Å². The van der Waals surface area contributed by atoms with E-state index in [9.17, 15) is 9.59 Å². The first-order valence-electron chi connectivity index (χ1n) is 11.0. The van der Waals surface area contributed by atoms with E-state index in [1.807, 2.05) is 43.0 Å². The van der Waals surface area contributed by atoms with Gasteiger partial charge in [-0.2, -0.15) is 11.8 Å². The highest BCUT2D eigenvalue weighted by molar-refractivity contribution is 7.99. The topological polar surface area (TPSA) is 65.1 Å². The highest BCUT2D eigenvalue weighted by Crippen LogP contribution is 2.48. The third kappa shape index (κ3) is 4.54. The standard InChI is InChI=1S/C24H31NO5SSi/c1-15(30-32(3,4)5)21-20-12-19(17-10-11-31-14-17)22(25(20)23(21)26)24(27)29-13-16-6-8-18(28-2)9-7-16/h6-10,15,20-21H,11-14H2,1-5H3/t15-,20-,21-/m1/s1. The van der Waals surface area contributed by atoms with Crippen LogP contribution in [0.3, 0.4) is 0 Å². The number of amides is 1. The molecule has 0 bridgehead atoms. The molecular weight excluding hydrogens is 442 g/mol. The highest BCUT2D eigenvalue weighted by atomic mass is 32.2. The van der Waals surface area contributed by atoms with Crippen molar-refractivity contribution in [2.75, 3.05) is 18.6 Å². The lowest BCUT2D eigenvalue weighted by molar-refractivity contribution is -0.162. The third-order valence-corrected chi connectivity index (χ3v) is 8.07. The van der Waals surface area contributed by atoms with Gasteiger partial charge in [0, 0.05) is 11.5 Å². The summed E-state index contributed by atoms with van der Waals surface area (Å²) in [6, 6.07) is 7.39. The molecule has 0 aromatic heterocycles. The zero-order chi connectivity index (χ0) is 23.0. The second-order valence-corrected chi connectivity index (χ2v) is 14.9.